The number of anilines is 2. The predicted octanol–water partition coefficient (Wildman–Crippen LogP) is 3.65. The second-order valence-electron chi connectivity index (χ2n) is 6.38. The molecule has 1 aromatic heterocycles. The number of imidazole rings is 1. The largest absolute Gasteiger partial charge is 0.378 e. The zero-order chi connectivity index (χ0) is 17.1. The molecular formula is C20H24N4. The lowest BCUT2D eigenvalue weighted by Gasteiger charge is -2.22. The van der Waals surface area contributed by atoms with Crippen LogP contribution in [0.15, 0.2) is 67.3 Å². The fourth-order valence-electron chi connectivity index (χ4n) is 2.87. The zero-order valence-electron chi connectivity index (χ0n) is 14.7. The lowest BCUT2D eigenvalue weighted by molar-refractivity contribution is 0.677. The lowest BCUT2D eigenvalue weighted by atomic mass is 9.98. The fourth-order valence-corrected chi connectivity index (χ4v) is 2.87. The Kier molecular flexibility index (Phi) is 4.56. The maximum Gasteiger partial charge on any atom is 0.0954 e. The summed E-state index contributed by atoms with van der Waals surface area (Å²) in [5.74, 6) is 0. The number of aromatic nitrogens is 2. The molecule has 0 N–H and O–H groups in total. The Bertz CT molecular complexity index is 705. The molecule has 4 nitrogen and oxygen atoms in total. The first kappa shape index (κ1) is 16.1. The highest BCUT2D eigenvalue weighted by atomic mass is 15.1. The van der Waals surface area contributed by atoms with Crippen LogP contribution in [0.3, 0.4) is 0 Å². The Hall–Kier alpha value is -2.75. The third-order valence-corrected chi connectivity index (χ3v) is 4.27. The molecule has 0 aliphatic heterocycles. The van der Waals surface area contributed by atoms with Gasteiger partial charge in [0.25, 0.3) is 0 Å². The van der Waals surface area contributed by atoms with E-state index >= 15 is 0 Å². The quantitative estimate of drug-likeness (QED) is 0.717. The molecule has 0 aliphatic rings. The van der Waals surface area contributed by atoms with Gasteiger partial charge in [0.15, 0.2) is 0 Å². The summed E-state index contributed by atoms with van der Waals surface area (Å²) in [7, 11) is 8.23. The molecule has 3 aromatic rings. The van der Waals surface area contributed by atoms with E-state index in [2.05, 4.69) is 96.1 Å². The van der Waals surface area contributed by atoms with Gasteiger partial charge in [0.1, 0.15) is 0 Å². The second-order valence-corrected chi connectivity index (χ2v) is 6.38. The smallest absolute Gasteiger partial charge is 0.0954 e. The van der Waals surface area contributed by atoms with Crippen LogP contribution in [-0.2, 0) is 0 Å². The second kappa shape index (κ2) is 6.79. The van der Waals surface area contributed by atoms with E-state index in [0.29, 0.717) is 0 Å². The minimum atomic E-state index is 0.125. The molecule has 124 valence electrons. The molecule has 3 rings (SSSR count). The first-order valence-corrected chi connectivity index (χ1v) is 8.08. The van der Waals surface area contributed by atoms with E-state index in [0.717, 1.165) is 0 Å². The molecule has 2 aromatic carbocycles. The van der Waals surface area contributed by atoms with Gasteiger partial charge in [-0.3, -0.25) is 0 Å². The summed E-state index contributed by atoms with van der Waals surface area (Å²) in [6.45, 7) is 0. The van der Waals surface area contributed by atoms with Gasteiger partial charge in [-0.2, -0.15) is 0 Å². The molecule has 0 saturated carbocycles. The summed E-state index contributed by atoms with van der Waals surface area (Å²) in [4.78, 5) is 8.46. The minimum Gasteiger partial charge on any atom is -0.378 e. The van der Waals surface area contributed by atoms with Gasteiger partial charge in [-0.1, -0.05) is 24.3 Å². The summed E-state index contributed by atoms with van der Waals surface area (Å²) >= 11 is 0. The van der Waals surface area contributed by atoms with Gasteiger partial charge in [0.05, 0.1) is 12.4 Å². The Morgan fingerprint density at radius 3 is 1.54 bits per heavy atom. The van der Waals surface area contributed by atoms with Gasteiger partial charge in [-0.05, 0) is 35.4 Å². The van der Waals surface area contributed by atoms with Crippen LogP contribution in [0.2, 0.25) is 0 Å². The van der Waals surface area contributed by atoms with Crippen LogP contribution in [0.4, 0.5) is 11.4 Å². The summed E-state index contributed by atoms with van der Waals surface area (Å²) < 4.78 is 2.15. The average molecular weight is 320 g/mol. The van der Waals surface area contributed by atoms with E-state index in [9.17, 15) is 0 Å². The van der Waals surface area contributed by atoms with Crippen molar-refractivity contribution in [2.45, 2.75) is 6.04 Å². The van der Waals surface area contributed by atoms with Crippen molar-refractivity contribution in [1.82, 2.24) is 9.55 Å². The van der Waals surface area contributed by atoms with Crippen molar-refractivity contribution < 1.29 is 0 Å². The maximum absolute atomic E-state index is 4.23. The topological polar surface area (TPSA) is 24.3 Å². The van der Waals surface area contributed by atoms with Crippen LogP contribution >= 0.6 is 0 Å². The maximum atomic E-state index is 4.23. The zero-order valence-corrected chi connectivity index (χ0v) is 14.7. The fraction of sp³-hybridized carbons (Fsp3) is 0.250. The third-order valence-electron chi connectivity index (χ3n) is 4.27. The lowest BCUT2D eigenvalue weighted by Crippen LogP contribution is -2.13. The number of benzene rings is 2. The number of hydrogen-bond acceptors (Lipinski definition) is 3. The molecule has 0 saturated heterocycles. The van der Waals surface area contributed by atoms with Crippen molar-refractivity contribution in [3.05, 3.63) is 78.4 Å². The van der Waals surface area contributed by atoms with Gasteiger partial charge >= 0.3 is 0 Å². The van der Waals surface area contributed by atoms with Crippen LogP contribution in [0.5, 0.6) is 0 Å². The molecular weight excluding hydrogens is 296 g/mol. The molecule has 0 radical (unpaired) electrons. The van der Waals surface area contributed by atoms with Crippen molar-refractivity contribution >= 4 is 11.4 Å². The number of hydrogen-bond donors (Lipinski definition) is 0. The van der Waals surface area contributed by atoms with E-state index < -0.39 is 0 Å². The van der Waals surface area contributed by atoms with Crippen LogP contribution < -0.4 is 9.80 Å². The molecule has 4 heteroatoms. The van der Waals surface area contributed by atoms with E-state index in [1.807, 2.05) is 18.7 Å². The van der Waals surface area contributed by atoms with Crippen molar-refractivity contribution in [2.75, 3.05) is 38.0 Å². The molecule has 0 unspecified atom stereocenters. The number of rotatable bonds is 5. The highest BCUT2D eigenvalue weighted by Crippen LogP contribution is 2.29. The van der Waals surface area contributed by atoms with E-state index in [-0.39, 0.29) is 6.04 Å². The Balaban J connectivity index is 2.01. The SMILES string of the molecule is CN(C)c1ccc(C(c2ccc(N(C)C)cc2)n2ccnc2)cc1. The van der Waals surface area contributed by atoms with Crippen molar-refractivity contribution in [2.24, 2.45) is 0 Å². The Morgan fingerprint density at radius 1 is 0.750 bits per heavy atom. The molecule has 0 atom stereocenters. The molecule has 0 aliphatic carbocycles. The van der Waals surface area contributed by atoms with E-state index in [1.165, 1.54) is 22.5 Å². The van der Waals surface area contributed by atoms with Crippen molar-refractivity contribution in [3.8, 4) is 0 Å². The third kappa shape index (κ3) is 3.27. The van der Waals surface area contributed by atoms with E-state index in [1.54, 1.807) is 0 Å². The Morgan fingerprint density at radius 2 is 1.21 bits per heavy atom. The highest BCUT2D eigenvalue weighted by molar-refractivity contribution is 5.50. The van der Waals surface area contributed by atoms with Crippen molar-refractivity contribution in [1.29, 1.82) is 0 Å². The van der Waals surface area contributed by atoms with Gasteiger partial charge in [0, 0.05) is 52.0 Å². The molecule has 0 amide bonds. The predicted molar refractivity (Wildman–Crippen MR) is 101 cm³/mol. The monoisotopic (exact) mass is 320 g/mol. The highest BCUT2D eigenvalue weighted by Gasteiger charge is 2.16. The molecule has 0 bridgehead atoms. The molecule has 1 heterocycles. The van der Waals surface area contributed by atoms with Crippen LogP contribution in [-0.4, -0.2) is 37.7 Å². The molecule has 24 heavy (non-hydrogen) atoms. The Labute approximate surface area is 144 Å². The summed E-state index contributed by atoms with van der Waals surface area (Å²) in [6.07, 6.45) is 5.73. The first-order valence-electron chi connectivity index (χ1n) is 8.08. The average Bonchev–Trinajstić information content (AvgIpc) is 3.10. The minimum absolute atomic E-state index is 0.125. The summed E-state index contributed by atoms with van der Waals surface area (Å²) in [5.41, 5.74) is 4.89. The van der Waals surface area contributed by atoms with Crippen LogP contribution in [0.25, 0.3) is 0 Å². The number of nitrogens with zero attached hydrogens (tertiary/aromatic N) is 4. The van der Waals surface area contributed by atoms with Gasteiger partial charge in [-0.25, -0.2) is 4.98 Å². The summed E-state index contributed by atoms with van der Waals surface area (Å²) in [5, 5.41) is 0. The normalized spacial score (nSPS) is 10.9. The van der Waals surface area contributed by atoms with Crippen LogP contribution in [0.1, 0.15) is 17.2 Å². The van der Waals surface area contributed by atoms with Gasteiger partial charge in [-0.15, -0.1) is 0 Å². The first-order chi connectivity index (χ1) is 11.6. The molecule has 0 spiro atoms. The molecule has 0 fully saturated rings. The van der Waals surface area contributed by atoms with Crippen LogP contribution in [0, 0.1) is 0 Å². The van der Waals surface area contributed by atoms with Gasteiger partial charge in [0.2, 0.25) is 0 Å². The standard InChI is InChI=1S/C20H24N4/c1-22(2)18-9-5-16(6-10-18)20(24-14-13-21-15-24)17-7-11-19(12-8-17)23(3)4/h5-15,20H,1-4H3. The van der Waals surface area contributed by atoms with Gasteiger partial charge < -0.3 is 14.4 Å². The van der Waals surface area contributed by atoms with Crippen molar-refractivity contribution in [3.63, 3.8) is 0 Å². The summed E-state index contributed by atoms with van der Waals surface area (Å²) in [6, 6.07) is 17.5. The van der Waals surface area contributed by atoms with E-state index in [4.69, 9.17) is 0 Å².